The van der Waals surface area contributed by atoms with Gasteiger partial charge in [-0.3, -0.25) is 4.79 Å². The largest absolute Gasteiger partial charge is 0.497 e. The van der Waals surface area contributed by atoms with Crippen molar-refractivity contribution < 1.29 is 14.3 Å². The lowest BCUT2D eigenvalue weighted by Gasteiger charge is -2.56. The SMILES string of the molecule is COc1ccc(CN2C(=S)N[C@H]3c4cc(Cl)ccc4O[C@@]2(C)[C@@H]3C(=O)N(C)C)cc1. The summed E-state index contributed by atoms with van der Waals surface area (Å²) in [6.07, 6.45) is 0. The van der Waals surface area contributed by atoms with Crippen molar-refractivity contribution in [3.63, 3.8) is 0 Å². The van der Waals surface area contributed by atoms with E-state index in [-0.39, 0.29) is 11.9 Å². The number of ether oxygens (including phenoxy) is 2. The number of hydrogen-bond donors (Lipinski definition) is 1. The lowest BCUT2D eigenvalue weighted by atomic mass is 9.78. The Kier molecular flexibility index (Phi) is 5.28. The van der Waals surface area contributed by atoms with E-state index in [1.165, 1.54) is 0 Å². The first-order valence-corrected chi connectivity index (χ1v) is 10.4. The minimum Gasteiger partial charge on any atom is -0.497 e. The summed E-state index contributed by atoms with van der Waals surface area (Å²) in [6, 6.07) is 12.9. The molecule has 2 bridgehead atoms. The number of halogens is 1. The Balaban J connectivity index is 1.78. The molecular weight excluding hydrogens is 422 g/mol. The van der Waals surface area contributed by atoms with Crippen LogP contribution in [0.15, 0.2) is 42.5 Å². The summed E-state index contributed by atoms with van der Waals surface area (Å²) >= 11 is 12.0. The summed E-state index contributed by atoms with van der Waals surface area (Å²) in [4.78, 5) is 16.8. The molecule has 1 fully saturated rings. The second kappa shape index (κ2) is 7.63. The molecule has 0 aromatic heterocycles. The Hall–Kier alpha value is -2.51. The number of fused-ring (bicyclic) bond motifs is 4. The maximum atomic E-state index is 13.3. The Morgan fingerprint density at radius 2 is 2.00 bits per heavy atom. The molecule has 0 spiro atoms. The van der Waals surface area contributed by atoms with E-state index in [1.807, 2.05) is 48.2 Å². The van der Waals surface area contributed by atoms with Gasteiger partial charge in [0, 0.05) is 31.2 Å². The highest BCUT2D eigenvalue weighted by molar-refractivity contribution is 7.80. The summed E-state index contributed by atoms with van der Waals surface area (Å²) < 4.78 is 11.7. The molecule has 2 aliphatic heterocycles. The van der Waals surface area contributed by atoms with Gasteiger partial charge in [-0.15, -0.1) is 0 Å². The van der Waals surface area contributed by atoms with Crippen LogP contribution < -0.4 is 14.8 Å². The van der Waals surface area contributed by atoms with Crippen LogP contribution in [0, 0.1) is 5.92 Å². The van der Waals surface area contributed by atoms with Crippen molar-refractivity contribution in [3.05, 3.63) is 58.6 Å². The predicted molar refractivity (Wildman–Crippen MR) is 120 cm³/mol. The van der Waals surface area contributed by atoms with E-state index < -0.39 is 11.6 Å². The Morgan fingerprint density at radius 3 is 2.63 bits per heavy atom. The Labute approximate surface area is 186 Å². The molecule has 1 amide bonds. The van der Waals surface area contributed by atoms with Crippen LogP contribution in [0.5, 0.6) is 11.5 Å². The molecule has 0 radical (unpaired) electrons. The van der Waals surface area contributed by atoms with Gasteiger partial charge in [0.25, 0.3) is 0 Å². The van der Waals surface area contributed by atoms with Gasteiger partial charge in [-0.25, -0.2) is 0 Å². The average Bonchev–Trinajstić information content (AvgIpc) is 2.71. The van der Waals surface area contributed by atoms with Gasteiger partial charge in [0.2, 0.25) is 5.91 Å². The minimum atomic E-state index is -0.963. The van der Waals surface area contributed by atoms with Crippen molar-refractivity contribution in [1.82, 2.24) is 15.1 Å². The molecule has 4 rings (SSSR count). The Morgan fingerprint density at radius 1 is 1.30 bits per heavy atom. The predicted octanol–water partition coefficient (Wildman–Crippen LogP) is 3.59. The molecule has 158 valence electrons. The molecule has 6 nitrogen and oxygen atoms in total. The van der Waals surface area contributed by atoms with Crippen LogP contribution >= 0.6 is 23.8 Å². The summed E-state index contributed by atoms with van der Waals surface area (Å²) in [5.74, 6) is 0.931. The third-order valence-corrected chi connectivity index (χ3v) is 6.37. The Bertz CT molecular complexity index is 998. The quantitative estimate of drug-likeness (QED) is 0.726. The zero-order chi connectivity index (χ0) is 21.6. The maximum absolute atomic E-state index is 13.3. The second-order valence-electron chi connectivity index (χ2n) is 7.91. The van der Waals surface area contributed by atoms with Crippen molar-refractivity contribution in [2.24, 2.45) is 5.92 Å². The fourth-order valence-electron chi connectivity index (χ4n) is 4.22. The van der Waals surface area contributed by atoms with Crippen LogP contribution in [-0.4, -0.2) is 47.7 Å². The number of carbonyl (C=O) groups excluding carboxylic acids is 1. The molecular formula is C22H24ClN3O3S. The number of nitrogens with zero attached hydrogens (tertiary/aromatic N) is 2. The summed E-state index contributed by atoms with van der Waals surface area (Å²) in [5, 5.41) is 4.50. The highest BCUT2D eigenvalue weighted by Gasteiger charge is 2.58. The fraction of sp³-hybridized carbons (Fsp3) is 0.364. The van der Waals surface area contributed by atoms with Crippen molar-refractivity contribution >= 4 is 34.8 Å². The van der Waals surface area contributed by atoms with Gasteiger partial charge in [-0.05, 0) is 55.0 Å². The lowest BCUT2D eigenvalue weighted by molar-refractivity contribution is -0.162. The van der Waals surface area contributed by atoms with Gasteiger partial charge < -0.3 is 24.6 Å². The van der Waals surface area contributed by atoms with Crippen molar-refractivity contribution in [1.29, 1.82) is 0 Å². The van der Waals surface area contributed by atoms with Crippen LogP contribution in [0.4, 0.5) is 0 Å². The zero-order valence-corrected chi connectivity index (χ0v) is 18.9. The fourth-order valence-corrected chi connectivity index (χ4v) is 4.77. The van der Waals surface area contributed by atoms with E-state index in [2.05, 4.69) is 5.32 Å². The van der Waals surface area contributed by atoms with Gasteiger partial charge in [0.1, 0.15) is 17.4 Å². The smallest absolute Gasteiger partial charge is 0.233 e. The highest BCUT2D eigenvalue weighted by Crippen LogP contribution is 2.49. The number of amides is 1. The molecule has 1 N–H and O–H groups in total. The van der Waals surface area contributed by atoms with Gasteiger partial charge in [-0.1, -0.05) is 23.7 Å². The van der Waals surface area contributed by atoms with Crippen LogP contribution in [0.2, 0.25) is 5.02 Å². The first kappa shape index (κ1) is 20.8. The molecule has 8 heteroatoms. The van der Waals surface area contributed by atoms with Crippen LogP contribution in [0.3, 0.4) is 0 Å². The molecule has 2 heterocycles. The summed E-state index contributed by atoms with van der Waals surface area (Å²) in [5.41, 5.74) is 0.905. The monoisotopic (exact) mass is 445 g/mol. The third-order valence-electron chi connectivity index (χ3n) is 5.80. The highest BCUT2D eigenvalue weighted by atomic mass is 35.5. The van der Waals surface area contributed by atoms with Crippen LogP contribution in [0.25, 0.3) is 0 Å². The number of nitrogens with one attached hydrogen (secondary N) is 1. The number of methoxy groups -OCH3 is 1. The molecule has 0 saturated carbocycles. The average molecular weight is 446 g/mol. The van der Waals surface area contributed by atoms with E-state index in [4.69, 9.17) is 33.3 Å². The van der Waals surface area contributed by atoms with E-state index in [9.17, 15) is 4.79 Å². The second-order valence-corrected chi connectivity index (χ2v) is 8.73. The molecule has 1 saturated heterocycles. The lowest BCUT2D eigenvalue weighted by Crippen LogP contribution is -2.71. The zero-order valence-electron chi connectivity index (χ0n) is 17.3. The first-order valence-electron chi connectivity index (χ1n) is 9.65. The minimum absolute atomic E-state index is 0.0390. The van der Waals surface area contributed by atoms with Gasteiger partial charge >= 0.3 is 0 Å². The number of hydrogen-bond acceptors (Lipinski definition) is 4. The number of rotatable bonds is 4. The molecule has 0 unspecified atom stereocenters. The molecule has 30 heavy (non-hydrogen) atoms. The molecule has 2 aromatic rings. The van der Waals surface area contributed by atoms with Crippen molar-refractivity contribution in [3.8, 4) is 11.5 Å². The normalized spacial score (nSPS) is 24.4. The van der Waals surface area contributed by atoms with Crippen LogP contribution in [0.1, 0.15) is 24.1 Å². The van der Waals surface area contributed by atoms with Crippen LogP contribution in [-0.2, 0) is 11.3 Å². The standard InChI is InChI=1S/C22H24ClN3O3S/c1-22-18(20(27)25(2)3)19(16-11-14(23)7-10-17(16)29-22)24-21(30)26(22)12-13-5-8-15(28-4)9-6-13/h5-11,18-19H,12H2,1-4H3,(H,24,30)/t18-,19-,22-/m0/s1. The van der Waals surface area contributed by atoms with Gasteiger partial charge in [0.15, 0.2) is 10.8 Å². The van der Waals surface area contributed by atoms with Crippen molar-refractivity contribution in [2.75, 3.05) is 21.2 Å². The molecule has 2 aliphatic rings. The number of thiocarbonyl (C=S) groups is 1. The first-order chi connectivity index (χ1) is 14.2. The van der Waals surface area contributed by atoms with E-state index in [1.54, 1.807) is 32.2 Å². The van der Waals surface area contributed by atoms with E-state index in [0.717, 1.165) is 16.9 Å². The van der Waals surface area contributed by atoms with Gasteiger partial charge in [-0.2, -0.15) is 0 Å². The number of benzene rings is 2. The number of carbonyl (C=O) groups is 1. The third kappa shape index (κ3) is 3.36. The van der Waals surface area contributed by atoms with Gasteiger partial charge in [0.05, 0.1) is 13.2 Å². The molecule has 2 aromatic carbocycles. The molecule has 0 aliphatic carbocycles. The van der Waals surface area contributed by atoms with Crippen molar-refractivity contribution in [2.45, 2.75) is 25.2 Å². The topological polar surface area (TPSA) is 54.0 Å². The van der Waals surface area contributed by atoms with E-state index in [0.29, 0.717) is 22.4 Å². The molecule has 3 atom stereocenters. The maximum Gasteiger partial charge on any atom is 0.233 e. The summed E-state index contributed by atoms with van der Waals surface area (Å²) in [6.45, 7) is 2.42. The van der Waals surface area contributed by atoms with E-state index >= 15 is 0 Å². The summed E-state index contributed by atoms with van der Waals surface area (Å²) in [7, 11) is 5.14.